The van der Waals surface area contributed by atoms with Crippen LogP contribution in [0.4, 0.5) is 0 Å². The van der Waals surface area contributed by atoms with E-state index >= 15 is 0 Å². The maximum Gasteiger partial charge on any atom is 0.135 e. The number of hydrogen-bond donors (Lipinski definition) is 0. The van der Waals surface area contributed by atoms with Gasteiger partial charge in [0.1, 0.15) is 11.2 Å². The topological polar surface area (TPSA) is 38.9 Å². The van der Waals surface area contributed by atoms with Gasteiger partial charge in [-0.15, -0.1) is 0 Å². The standard InChI is InChI=1S/C84H48N2O/c1-8-25-70-58(18-1)59-19-2-9-26-71(59)83(70)74-29-12-5-22-62(74)64-39-34-53(46-76(64)83)50-32-37-56-57-38-33-51(54-35-40-65-63-23-6-13-30-75(63)84(77(65)47-54)72-27-10-3-20-60(72)61-21-4-11-28-73(61)84)45-69(57)82-81(68(56)44-50)85-48-78(86-82)55-17-15-16-49(42-55)52-36-41-80-67(43-52)66-24-7-14-31-79(66)87-80/h1-48H. The molecule has 3 nitrogen and oxygen atoms in total. The summed E-state index contributed by atoms with van der Waals surface area (Å²) in [6.07, 6.45) is 1.98. The molecular formula is C84H48N2O. The van der Waals surface area contributed by atoms with E-state index in [1.807, 2.05) is 18.3 Å². The minimum Gasteiger partial charge on any atom is -0.456 e. The number of fused-ring (bicyclic) bond motifs is 29. The molecule has 16 aromatic rings. The number of aromatic nitrogens is 2. The lowest BCUT2D eigenvalue weighted by Crippen LogP contribution is -2.25. The monoisotopic (exact) mass is 1100 g/mol. The van der Waals surface area contributed by atoms with Gasteiger partial charge in [-0.3, -0.25) is 4.98 Å². The van der Waals surface area contributed by atoms with Crippen molar-refractivity contribution in [1.82, 2.24) is 9.97 Å². The van der Waals surface area contributed by atoms with Gasteiger partial charge in [0.05, 0.1) is 33.8 Å². The summed E-state index contributed by atoms with van der Waals surface area (Å²) in [6, 6.07) is 106. The van der Waals surface area contributed by atoms with Crippen LogP contribution in [0.25, 0.3) is 144 Å². The average molecular weight is 1100 g/mol. The molecule has 0 bridgehead atoms. The molecule has 2 heterocycles. The fourth-order valence-corrected chi connectivity index (χ4v) is 16.5. The Kier molecular flexibility index (Phi) is 9.32. The Morgan fingerprint density at radius 2 is 0.598 bits per heavy atom. The van der Waals surface area contributed by atoms with Crippen molar-refractivity contribution in [3.05, 3.63) is 336 Å². The minimum absolute atomic E-state index is 0.443. The molecule has 87 heavy (non-hydrogen) atoms. The molecule has 14 aromatic carbocycles. The number of furan rings is 1. The van der Waals surface area contributed by atoms with Crippen LogP contribution in [0, 0.1) is 0 Å². The minimum atomic E-state index is -0.449. The normalized spacial score (nSPS) is 13.9. The van der Waals surface area contributed by atoms with E-state index in [1.165, 1.54) is 94.6 Å². The maximum atomic E-state index is 6.25. The van der Waals surface area contributed by atoms with E-state index in [-0.39, 0.29) is 0 Å². The summed E-state index contributed by atoms with van der Waals surface area (Å²) in [5, 5.41) is 6.64. The second-order valence-electron chi connectivity index (χ2n) is 24.2. The molecule has 0 unspecified atom stereocenters. The summed E-state index contributed by atoms with van der Waals surface area (Å²) in [7, 11) is 0. The fraction of sp³-hybridized carbons (Fsp3) is 0.0238. The summed E-state index contributed by atoms with van der Waals surface area (Å²) in [4.78, 5) is 11.3. The Labute approximate surface area is 501 Å². The molecule has 4 aliphatic carbocycles. The number of nitrogens with zero attached hydrogens (tertiary/aromatic N) is 2. The Morgan fingerprint density at radius 3 is 1.10 bits per heavy atom. The van der Waals surface area contributed by atoms with Crippen LogP contribution in [-0.2, 0) is 10.8 Å². The Hall–Kier alpha value is -11.3. The molecule has 0 radical (unpaired) electrons. The zero-order valence-electron chi connectivity index (χ0n) is 47.0. The van der Waals surface area contributed by atoms with Crippen LogP contribution in [-0.4, -0.2) is 9.97 Å². The lowest BCUT2D eigenvalue weighted by atomic mass is 9.70. The largest absolute Gasteiger partial charge is 0.456 e. The molecule has 0 saturated carbocycles. The van der Waals surface area contributed by atoms with Crippen molar-refractivity contribution in [2.75, 3.05) is 0 Å². The molecule has 2 spiro atoms. The van der Waals surface area contributed by atoms with Gasteiger partial charge in [-0.2, -0.15) is 0 Å². The maximum absolute atomic E-state index is 6.25. The van der Waals surface area contributed by atoms with Crippen molar-refractivity contribution >= 4 is 54.5 Å². The van der Waals surface area contributed by atoms with Gasteiger partial charge >= 0.3 is 0 Å². The van der Waals surface area contributed by atoms with Crippen LogP contribution in [0.1, 0.15) is 44.5 Å². The van der Waals surface area contributed by atoms with E-state index in [1.54, 1.807) is 0 Å². The number of rotatable bonds is 4. The average Bonchev–Trinajstić information content (AvgIpc) is 1.62. The SMILES string of the molecule is c1cc(-c2ccc3oc4ccccc4c3c2)cc(-c2cnc3c4cc(-c5ccc6c(c5)C5(c7ccccc7-c7ccccc75)c5ccccc5-6)ccc4c4ccc(-c5ccc6c(c5)C5(c7ccccc7-c7ccccc75)c5ccccc5-6)cc4c3n2)c1. The number of para-hydroxylation sites is 1. The van der Waals surface area contributed by atoms with Crippen molar-refractivity contribution < 1.29 is 4.42 Å². The Balaban J connectivity index is 0.786. The Morgan fingerprint density at radius 1 is 0.230 bits per heavy atom. The van der Waals surface area contributed by atoms with Crippen LogP contribution in [0.15, 0.2) is 296 Å². The highest BCUT2D eigenvalue weighted by Gasteiger charge is 2.53. The lowest BCUT2D eigenvalue weighted by molar-refractivity contribution is 0.669. The van der Waals surface area contributed by atoms with Crippen LogP contribution >= 0.6 is 0 Å². The molecule has 0 fully saturated rings. The van der Waals surface area contributed by atoms with Gasteiger partial charge in [-0.05, 0) is 182 Å². The van der Waals surface area contributed by atoms with Gasteiger partial charge in [0, 0.05) is 27.1 Å². The summed E-state index contributed by atoms with van der Waals surface area (Å²) >= 11 is 0. The number of benzene rings is 14. The molecule has 4 aliphatic rings. The molecular weight excluding hydrogens is 1050 g/mol. The predicted octanol–water partition coefficient (Wildman–Crippen LogP) is 21.2. The molecule has 2 aromatic heterocycles. The van der Waals surface area contributed by atoms with Gasteiger partial charge in [0.25, 0.3) is 0 Å². The summed E-state index contributed by atoms with van der Waals surface area (Å²) in [6.45, 7) is 0. The van der Waals surface area contributed by atoms with E-state index in [0.717, 1.165) is 93.6 Å². The van der Waals surface area contributed by atoms with Crippen molar-refractivity contribution in [3.8, 4) is 89.1 Å². The lowest BCUT2D eigenvalue weighted by Gasteiger charge is -2.30. The van der Waals surface area contributed by atoms with Crippen LogP contribution < -0.4 is 0 Å². The van der Waals surface area contributed by atoms with Crippen LogP contribution in [0.5, 0.6) is 0 Å². The van der Waals surface area contributed by atoms with Gasteiger partial charge < -0.3 is 4.42 Å². The highest BCUT2D eigenvalue weighted by molar-refractivity contribution is 6.24. The first-order valence-electron chi connectivity index (χ1n) is 30.2. The highest BCUT2D eigenvalue weighted by Crippen LogP contribution is 2.65. The van der Waals surface area contributed by atoms with Crippen molar-refractivity contribution in [2.45, 2.75) is 10.8 Å². The van der Waals surface area contributed by atoms with Crippen molar-refractivity contribution in [1.29, 1.82) is 0 Å². The van der Waals surface area contributed by atoms with Gasteiger partial charge in [-0.25, -0.2) is 4.98 Å². The van der Waals surface area contributed by atoms with E-state index in [9.17, 15) is 0 Å². The molecule has 3 heteroatoms. The molecule has 400 valence electrons. The van der Waals surface area contributed by atoms with Gasteiger partial charge in [-0.1, -0.05) is 237 Å². The molecule has 0 atom stereocenters. The van der Waals surface area contributed by atoms with E-state index in [0.29, 0.717) is 0 Å². The smallest absolute Gasteiger partial charge is 0.135 e. The summed E-state index contributed by atoms with van der Waals surface area (Å²) < 4.78 is 6.25. The quantitative estimate of drug-likeness (QED) is 0.165. The second-order valence-corrected chi connectivity index (χ2v) is 24.2. The van der Waals surface area contributed by atoms with Gasteiger partial charge in [0.15, 0.2) is 0 Å². The van der Waals surface area contributed by atoms with Gasteiger partial charge in [0.2, 0.25) is 0 Å². The van der Waals surface area contributed by atoms with Crippen molar-refractivity contribution in [2.24, 2.45) is 0 Å². The zero-order valence-corrected chi connectivity index (χ0v) is 47.0. The molecule has 0 aliphatic heterocycles. The summed E-state index contributed by atoms with van der Waals surface area (Å²) in [5.74, 6) is 0. The second kappa shape index (κ2) is 17.2. The third-order valence-electron chi connectivity index (χ3n) is 20.1. The third-order valence-corrected chi connectivity index (χ3v) is 20.1. The first-order chi connectivity index (χ1) is 43.1. The van der Waals surface area contributed by atoms with E-state index in [4.69, 9.17) is 14.4 Å². The first-order valence-corrected chi connectivity index (χ1v) is 30.2. The van der Waals surface area contributed by atoms with E-state index in [2.05, 4.69) is 273 Å². The Bertz CT molecular complexity index is 5620. The summed E-state index contributed by atoms with van der Waals surface area (Å²) in [5.41, 5.74) is 32.3. The predicted molar refractivity (Wildman–Crippen MR) is 356 cm³/mol. The first kappa shape index (κ1) is 47.1. The molecule has 20 rings (SSSR count). The van der Waals surface area contributed by atoms with E-state index < -0.39 is 10.8 Å². The number of hydrogen-bond acceptors (Lipinski definition) is 3. The third kappa shape index (κ3) is 6.14. The zero-order chi connectivity index (χ0) is 56.7. The molecule has 0 saturated heterocycles. The van der Waals surface area contributed by atoms with Crippen molar-refractivity contribution in [3.63, 3.8) is 0 Å². The van der Waals surface area contributed by atoms with Crippen LogP contribution in [0.3, 0.4) is 0 Å². The molecule has 0 amide bonds. The fourth-order valence-electron chi connectivity index (χ4n) is 16.5. The van der Waals surface area contributed by atoms with Crippen LogP contribution in [0.2, 0.25) is 0 Å². The highest BCUT2D eigenvalue weighted by atomic mass is 16.3. The molecule has 0 N–H and O–H groups in total.